The molecule has 19 heavy (non-hydrogen) atoms. The summed E-state index contributed by atoms with van der Waals surface area (Å²) in [5.74, 6) is -0.552. The Morgan fingerprint density at radius 2 is 1.95 bits per heavy atom. The van der Waals surface area contributed by atoms with E-state index in [2.05, 4.69) is 4.98 Å². The van der Waals surface area contributed by atoms with Gasteiger partial charge in [0.05, 0.1) is 5.56 Å². The molecule has 1 aromatic rings. The van der Waals surface area contributed by atoms with E-state index in [1.165, 1.54) is 0 Å². The maximum Gasteiger partial charge on any atom is 0.433 e. The van der Waals surface area contributed by atoms with E-state index in [1.54, 1.807) is 0 Å². The van der Waals surface area contributed by atoms with Crippen molar-refractivity contribution in [2.75, 3.05) is 0 Å². The zero-order valence-electron chi connectivity index (χ0n) is 10.1. The number of nitrogens with two attached hydrogens (primary N) is 1. The van der Waals surface area contributed by atoms with Crippen LogP contribution in [0.5, 0.6) is 5.88 Å². The second kappa shape index (κ2) is 5.07. The second-order valence-electron chi connectivity index (χ2n) is 4.48. The van der Waals surface area contributed by atoms with Crippen molar-refractivity contribution in [2.24, 2.45) is 5.73 Å². The highest BCUT2D eigenvalue weighted by atomic mass is 19.4. The molecule has 104 valence electrons. The summed E-state index contributed by atoms with van der Waals surface area (Å²) in [4.78, 5) is 3.46. The zero-order chi connectivity index (χ0) is 14.0. The molecule has 0 spiro atoms. The molecule has 4 nitrogen and oxygen atoms in total. The van der Waals surface area contributed by atoms with Crippen molar-refractivity contribution >= 4 is 5.84 Å². The Labute approximate surface area is 108 Å². The molecule has 1 aliphatic carbocycles. The Balaban J connectivity index is 2.32. The predicted octanol–water partition coefficient (Wildman–Crippen LogP) is 2.71. The normalized spacial score (nSPS) is 16.6. The van der Waals surface area contributed by atoms with Crippen LogP contribution < -0.4 is 10.5 Å². The van der Waals surface area contributed by atoms with Crippen molar-refractivity contribution in [2.45, 2.75) is 38.0 Å². The summed E-state index contributed by atoms with van der Waals surface area (Å²) in [6, 6.07) is 1.93. The summed E-state index contributed by atoms with van der Waals surface area (Å²) in [6.45, 7) is 0. The van der Waals surface area contributed by atoms with Crippen molar-refractivity contribution in [3.63, 3.8) is 0 Å². The van der Waals surface area contributed by atoms with Gasteiger partial charge in [-0.05, 0) is 37.8 Å². The molecule has 1 fully saturated rings. The fourth-order valence-corrected chi connectivity index (χ4v) is 2.06. The fraction of sp³-hybridized carbons (Fsp3) is 0.500. The number of nitrogens with one attached hydrogen (secondary N) is 1. The minimum Gasteiger partial charge on any atom is -0.474 e. The third kappa shape index (κ3) is 3.15. The van der Waals surface area contributed by atoms with Gasteiger partial charge in [-0.25, -0.2) is 4.98 Å². The molecule has 0 aromatic carbocycles. The van der Waals surface area contributed by atoms with Crippen LogP contribution in [0.4, 0.5) is 13.2 Å². The highest BCUT2D eigenvalue weighted by molar-refractivity contribution is 5.97. The number of ether oxygens (including phenoxy) is 1. The number of hydrogen-bond donors (Lipinski definition) is 2. The topological polar surface area (TPSA) is 72.0 Å². The van der Waals surface area contributed by atoms with Crippen LogP contribution in [0.3, 0.4) is 0 Å². The molecule has 2 rings (SSSR count). The average molecular weight is 273 g/mol. The molecule has 3 N–H and O–H groups in total. The molecule has 0 amide bonds. The maximum absolute atomic E-state index is 12.6. The minimum atomic E-state index is -4.54. The van der Waals surface area contributed by atoms with E-state index < -0.39 is 11.9 Å². The first kappa shape index (κ1) is 13.6. The number of halogens is 3. The Morgan fingerprint density at radius 1 is 1.32 bits per heavy atom. The van der Waals surface area contributed by atoms with Crippen LogP contribution in [0.25, 0.3) is 0 Å². The lowest BCUT2D eigenvalue weighted by molar-refractivity contribution is -0.141. The smallest absolute Gasteiger partial charge is 0.433 e. The number of rotatable bonds is 3. The Hall–Kier alpha value is -1.79. The fourth-order valence-electron chi connectivity index (χ4n) is 2.06. The number of amidine groups is 1. The number of pyridine rings is 1. The lowest BCUT2D eigenvalue weighted by atomic mass is 10.2. The highest BCUT2D eigenvalue weighted by Gasteiger charge is 2.34. The van der Waals surface area contributed by atoms with Gasteiger partial charge in [0.2, 0.25) is 5.88 Å². The first-order valence-corrected chi connectivity index (χ1v) is 5.97. The maximum atomic E-state index is 12.6. The van der Waals surface area contributed by atoms with Crippen molar-refractivity contribution in [1.82, 2.24) is 4.98 Å². The molecular weight excluding hydrogens is 259 g/mol. The standard InChI is InChI=1S/C12H14F3N3O/c13-12(14,15)9-6-5-8(10(16)17)11(18-9)19-7-3-1-2-4-7/h5-7H,1-4H2,(H3,16,17). The highest BCUT2D eigenvalue weighted by Crippen LogP contribution is 2.31. The molecule has 0 radical (unpaired) electrons. The lowest BCUT2D eigenvalue weighted by Gasteiger charge is -2.16. The monoisotopic (exact) mass is 273 g/mol. The minimum absolute atomic E-state index is 0.0971. The van der Waals surface area contributed by atoms with Gasteiger partial charge >= 0.3 is 6.18 Å². The third-order valence-electron chi connectivity index (χ3n) is 3.02. The van der Waals surface area contributed by atoms with E-state index in [0.29, 0.717) is 0 Å². The summed E-state index contributed by atoms with van der Waals surface area (Å²) in [7, 11) is 0. The Bertz CT molecular complexity index is 482. The van der Waals surface area contributed by atoms with Crippen LogP contribution in [0.1, 0.15) is 36.9 Å². The van der Waals surface area contributed by atoms with Gasteiger partial charge in [0, 0.05) is 0 Å². The van der Waals surface area contributed by atoms with Gasteiger partial charge in [0.1, 0.15) is 17.6 Å². The van der Waals surface area contributed by atoms with Gasteiger partial charge in [0.15, 0.2) is 0 Å². The summed E-state index contributed by atoms with van der Waals surface area (Å²) < 4.78 is 43.3. The van der Waals surface area contributed by atoms with Gasteiger partial charge in [0.25, 0.3) is 0 Å². The molecule has 1 aromatic heterocycles. The van der Waals surface area contributed by atoms with Crippen molar-refractivity contribution in [1.29, 1.82) is 5.41 Å². The lowest BCUT2D eigenvalue weighted by Crippen LogP contribution is -2.20. The van der Waals surface area contributed by atoms with Gasteiger partial charge in [-0.1, -0.05) is 0 Å². The number of hydrogen-bond acceptors (Lipinski definition) is 3. The van der Waals surface area contributed by atoms with Crippen LogP contribution in [-0.2, 0) is 6.18 Å². The third-order valence-corrected chi connectivity index (χ3v) is 3.02. The molecule has 1 heterocycles. The predicted molar refractivity (Wildman–Crippen MR) is 63.1 cm³/mol. The quantitative estimate of drug-likeness (QED) is 0.657. The number of nitrogens with zero attached hydrogens (tertiary/aromatic N) is 1. The molecular formula is C12H14F3N3O. The van der Waals surface area contributed by atoms with Crippen LogP contribution in [-0.4, -0.2) is 16.9 Å². The van der Waals surface area contributed by atoms with Crippen LogP contribution in [0.15, 0.2) is 12.1 Å². The second-order valence-corrected chi connectivity index (χ2v) is 4.48. The SMILES string of the molecule is N=C(N)c1ccc(C(F)(F)F)nc1OC1CCCC1. The van der Waals surface area contributed by atoms with Gasteiger partial charge in [-0.2, -0.15) is 13.2 Å². The largest absolute Gasteiger partial charge is 0.474 e. The molecule has 0 bridgehead atoms. The van der Waals surface area contributed by atoms with Crippen LogP contribution >= 0.6 is 0 Å². The summed E-state index contributed by atoms with van der Waals surface area (Å²) in [5.41, 5.74) is 4.39. The van der Waals surface area contributed by atoms with E-state index in [-0.39, 0.29) is 23.4 Å². The molecule has 0 saturated heterocycles. The van der Waals surface area contributed by atoms with Crippen molar-refractivity contribution in [3.05, 3.63) is 23.4 Å². The van der Waals surface area contributed by atoms with Gasteiger partial charge in [-0.15, -0.1) is 0 Å². The van der Waals surface area contributed by atoms with Crippen LogP contribution in [0, 0.1) is 5.41 Å². The molecule has 0 aliphatic heterocycles. The van der Waals surface area contributed by atoms with E-state index in [9.17, 15) is 13.2 Å². The Morgan fingerprint density at radius 3 is 2.47 bits per heavy atom. The summed E-state index contributed by atoms with van der Waals surface area (Å²) in [5, 5.41) is 7.35. The summed E-state index contributed by atoms with van der Waals surface area (Å²) >= 11 is 0. The molecule has 7 heteroatoms. The number of nitrogen functional groups attached to an aromatic ring is 1. The Kier molecular flexibility index (Phi) is 3.64. The van der Waals surface area contributed by atoms with Crippen LogP contribution in [0.2, 0.25) is 0 Å². The number of aromatic nitrogens is 1. The number of alkyl halides is 3. The molecule has 1 saturated carbocycles. The average Bonchev–Trinajstić information content (AvgIpc) is 2.80. The first-order chi connectivity index (χ1) is 8.88. The first-order valence-electron chi connectivity index (χ1n) is 5.97. The van der Waals surface area contributed by atoms with Crippen molar-refractivity contribution in [3.8, 4) is 5.88 Å². The van der Waals surface area contributed by atoms with E-state index in [1.807, 2.05) is 0 Å². The zero-order valence-corrected chi connectivity index (χ0v) is 10.1. The van der Waals surface area contributed by atoms with E-state index in [0.717, 1.165) is 37.8 Å². The van der Waals surface area contributed by atoms with E-state index >= 15 is 0 Å². The summed E-state index contributed by atoms with van der Waals surface area (Å²) in [6.07, 6.45) is -1.14. The van der Waals surface area contributed by atoms with E-state index in [4.69, 9.17) is 15.9 Å². The van der Waals surface area contributed by atoms with Gasteiger partial charge < -0.3 is 10.5 Å². The molecule has 0 atom stereocenters. The molecule has 1 aliphatic rings. The molecule has 0 unspecified atom stereocenters. The van der Waals surface area contributed by atoms with Gasteiger partial charge in [-0.3, -0.25) is 5.41 Å². The van der Waals surface area contributed by atoms with Crippen molar-refractivity contribution < 1.29 is 17.9 Å².